The van der Waals surface area contributed by atoms with Gasteiger partial charge in [0.1, 0.15) is 12.2 Å². The van der Waals surface area contributed by atoms with Crippen LogP contribution in [0.2, 0.25) is 0 Å². The third kappa shape index (κ3) is 4.09. The molecule has 0 radical (unpaired) electrons. The van der Waals surface area contributed by atoms with Crippen LogP contribution in [-0.2, 0) is 14.2 Å². The Labute approximate surface area is 144 Å². The normalized spacial score (nSPS) is 38.9. The zero-order chi connectivity index (χ0) is 16.9. The Kier molecular flexibility index (Phi) is 6.86. The van der Waals surface area contributed by atoms with Crippen molar-refractivity contribution in [3.8, 4) is 0 Å². The average Bonchev–Trinajstić information content (AvgIpc) is 3.18. The van der Waals surface area contributed by atoms with E-state index in [2.05, 4.69) is 10.2 Å². The van der Waals surface area contributed by atoms with E-state index in [1.165, 1.54) is 0 Å². The third-order valence-electron chi connectivity index (χ3n) is 5.63. The number of aliphatic hydroxyl groups is 2. The predicted octanol–water partition coefficient (Wildman–Crippen LogP) is -0.645. The molecule has 0 bridgehead atoms. The van der Waals surface area contributed by atoms with Gasteiger partial charge >= 0.3 is 0 Å². The number of aliphatic hydroxyl groups excluding tert-OH is 2. The molecule has 3 aliphatic heterocycles. The molecule has 5 atom stereocenters. The standard InChI is InChI=1S/C17H32N2O5/c1-22-11-13-3-2-6-19(13)16-14(24-15(10-20)17(16)21)9-18-12-4-7-23-8-5-12/h12-18,20-21H,2-11H2,1H3/t13-,14-,15+,16+,17-/m1/s1. The van der Waals surface area contributed by atoms with Crippen LogP contribution in [0.3, 0.4) is 0 Å². The number of rotatable bonds is 7. The quantitative estimate of drug-likeness (QED) is 0.566. The van der Waals surface area contributed by atoms with Crippen molar-refractivity contribution in [3.05, 3.63) is 0 Å². The molecule has 7 heteroatoms. The molecule has 3 N–H and O–H groups in total. The summed E-state index contributed by atoms with van der Waals surface area (Å²) in [5.41, 5.74) is 0. The molecule has 0 aliphatic carbocycles. The van der Waals surface area contributed by atoms with E-state index < -0.39 is 12.2 Å². The highest BCUT2D eigenvalue weighted by molar-refractivity contribution is 5.01. The van der Waals surface area contributed by atoms with Gasteiger partial charge in [0.05, 0.1) is 25.4 Å². The van der Waals surface area contributed by atoms with Gasteiger partial charge in [-0.1, -0.05) is 0 Å². The van der Waals surface area contributed by atoms with E-state index >= 15 is 0 Å². The Morgan fingerprint density at radius 2 is 2.00 bits per heavy atom. The Hall–Kier alpha value is -0.280. The van der Waals surface area contributed by atoms with Crippen molar-refractivity contribution in [3.63, 3.8) is 0 Å². The van der Waals surface area contributed by atoms with Crippen LogP contribution in [-0.4, -0.2) is 98.2 Å². The summed E-state index contributed by atoms with van der Waals surface area (Å²) >= 11 is 0. The van der Waals surface area contributed by atoms with Crippen molar-refractivity contribution in [1.82, 2.24) is 10.2 Å². The van der Waals surface area contributed by atoms with Gasteiger partial charge in [-0.15, -0.1) is 0 Å². The maximum absolute atomic E-state index is 10.7. The minimum atomic E-state index is -0.658. The summed E-state index contributed by atoms with van der Waals surface area (Å²) in [6.07, 6.45) is 2.95. The second-order valence-electron chi connectivity index (χ2n) is 7.16. The van der Waals surface area contributed by atoms with E-state index in [0.29, 0.717) is 25.2 Å². The van der Waals surface area contributed by atoms with Crippen LogP contribution in [0.15, 0.2) is 0 Å². The fourth-order valence-electron chi connectivity index (χ4n) is 4.36. The van der Waals surface area contributed by atoms with Crippen LogP contribution in [0.1, 0.15) is 25.7 Å². The molecule has 140 valence electrons. The molecule has 0 amide bonds. The third-order valence-corrected chi connectivity index (χ3v) is 5.63. The largest absolute Gasteiger partial charge is 0.394 e. The van der Waals surface area contributed by atoms with E-state index in [1.807, 2.05) is 0 Å². The van der Waals surface area contributed by atoms with Gasteiger partial charge in [0.15, 0.2) is 0 Å². The van der Waals surface area contributed by atoms with Crippen LogP contribution in [0.25, 0.3) is 0 Å². The van der Waals surface area contributed by atoms with E-state index in [-0.39, 0.29) is 18.8 Å². The van der Waals surface area contributed by atoms with Crippen molar-refractivity contribution in [1.29, 1.82) is 0 Å². The molecule has 0 spiro atoms. The van der Waals surface area contributed by atoms with E-state index in [9.17, 15) is 10.2 Å². The Morgan fingerprint density at radius 1 is 1.21 bits per heavy atom. The molecule has 3 aliphatic rings. The summed E-state index contributed by atoms with van der Waals surface area (Å²) in [4.78, 5) is 2.33. The number of likely N-dealkylation sites (tertiary alicyclic amines) is 1. The van der Waals surface area contributed by atoms with Gasteiger partial charge in [0, 0.05) is 39.0 Å². The molecule has 0 aromatic rings. The van der Waals surface area contributed by atoms with E-state index in [4.69, 9.17) is 14.2 Å². The van der Waals surface area contributed by atoms with Gasteiger partial charge in [-0.05, 0) is 32.2 Å². The Bertz CT molecular complexity index is 380. The van der Waals surface area contributed by atoms with Gasteiger partial charge in [-0.3, -0.25) is 4.90 Å². The molecule has 7 nitrogen and oxygen atoms in total. The summed E-state index contributed by atoms with van der Waals surface area (Å²) in [7, 11) is 1.72. The summed E-state index contributed by atoms with van der Waals surface area (Å²) < 4.78 is 16.7. The minimum Gasteiger partial charge on any atom is -0.394 e. The van der Waals surface area contributed by atoms with Crippen LogP contribution in [0.4, 0.5) is 0 Å². The molecular weight excluding hydrogens is 312 g/mol. The van der Waals surface area contributed by atoms with Crippen molar-refractivity contribution in [2.75, 3.05) is 46.6 Å². The number of methoxy groups -OCH3 is 1. The number of ether oxygens (including phenoxy) is 3. The molecule has 0 aromatic heterocycles. The van der Waals surface area contributed by atoms with Crippen molar-refractivity contribution < 1.29 is 24.4 Å². The highest BCUT2D eigenvalue weighted by atomic mass is 16.5. The van der Waals surface area contributed by atoms with Crippen LogP contribution in [0.5, 0.6) is 0 Å². The lowest BCUT2D eigenvalue weighted by molar-refractivity contribution is -0.0230. The highest BCUT2D eigenvalue weighted by Crippen LogP contribution is 2.31. The van der Waals surface area contributed by atoms with Crippen LogP contribution >= 0.6 is 0 Å². The first-order valence-electron chi connectivity index (χ1n) is 9.24. The molecule has 0 aromatic carbocycles. The lowest BCUT2D eigenvalue weighted by Gasteiger charge is -2.35. The zero-order valence-electron chi connectivity index (χ0n) is 14.6. The lowest BCUT2D eigenvalue weighted by atomic mass is 10.0. The van der Waals surface area contributed by atoms with Crippen molar-refractivity contribution in [2.45, 2.75) is 62.1 Å². The predicted molar refractivity (Wildman–Crippen MR) is 89.0 cm³/mol. The first-order chi connectivity index (χ1) is 11.7. The highest BCUT2D eigenvalue weighted by Gasteiger charge is 2.48. The molecule has 24 heavy (non-hydrogen) atoms. The first-order valence-corrected chi connectivity index (χ1v) is 9.24. The maximum atomic E-state index is 10.7. The molecule has 3 saturated heterocycles. The van der Waals surface area contributed by atoms with Crippen LogP contribution in [0, 0.1) is 0 Å². The summed E-state index contributed by atoms with van der Waals surface area (Å²) in [6.45, 7) is 3.78. The summed E-state index contributed by atoms with van der Waals surface area (Å²) in [5.74, 6) is 0. The zero-order valence-corrected chi connectivity index (χ0v) is 14.6. The second-order valence-corrected chi connectivity index (χ2v) is 7.16. The minimum absolute atomic E-state index is 0.0860. The lowest BCUT2D eigenvalue weighted by Crippen LogP contribution is -2.54. The topological polar surface area (TPSA) is 83.4 Å². The fraction of sp³-hybridized carbons (Fsp3) is 1.00. The number of hydrogen-bond acceptors (Lipinski definition) is 7. The molecule has 3 rings (SSSR count). The Balaban J connectivity index is 1.63. The number of nitrogens with one attached hydrogen (secondary N) is 1. The molecule has 0 saturated carbocycles. The Morgan fingerprint density at radius 3 is 2.71 bits per heavy atom. The summed E-state index contributed by atoms with van der Waals surface area (Å²) in [6, 6.07) is 0.681. The van der Waals surface area contributed by atoms with Gasteiger partial charge in [0.2, 0.25) is 0 Å². The number of hydrogen-bond donors (Lipinski definition) is 3. The first kappa shape index (κ1) is 18.5. The summed E-state index contributed by atoms with van der Waals surface area (Å²) in [5, 5.41) is 23.8. The smallest absolute Gasteiger partial charge is 0.109 e. The maximum Gasteiger partial charge on any atom is 0.109 e. The molecule has 3 heterocycles. The molecule has 0 unspecified atom stereocenters. The van der Waals surface area contributed by atoms with Gasteiger partial charge in [-0.25, -0.2) is 0 Å². The monoisotopic (exact) mass is 344 g/mol. The molecular formula is C17H32N2O5. The number of nitrogens with zero attached hydrogens (tertiary/aromatic N) is 1. The van der Waals surface area contributed by atoms with Crippen molar-refractivity contribution >= 4 is 0 Å². The van der Waals surface area contributed by atoms with Gasteiger partial charge in [-0.2, -0.15) is 0 Å². The average molecular weight is 344 g/mol. The fourth-order valence-corrected chi connectivity index (χ4v) is 4.36. The van der Waals surface area contributed by atoms with Gasteiger partial charge in [0.25, 0.3) is 0 Å². The van der Waals surface area contributed by atoms with E-state index in [1.54, 1.807) is 7.11 Å². The van der Waals surface area contributed by atoms with Crippen molar-refractivity contribution in [2.24, 2.45) is 0 Å². The SMILES string of the molecule is COC[C@H]1CCCN1[C@@H]1[C@H](O)[C@H](CO)O[C@@H]1CNC1CCOCC1. The van der Waals surface area contributed by atoms with E-state index in [0.717, 1.165) is 45.4 Å². The van der Waals surface area contributed by atoms with Gasteiger partial charge < -0.3 is 29.7 Å². The second kappa shape index (κ2) is 8.89. The molecule has 3 fully saturated rings. The van der Waals surface area contributed by atoms with Crippen LogP contribution < -0.4 is 5.32 Å².